The zero-order valence-corrected chi connectivity index (χ0v) is 12.1. The van der Waals surface area contributed by atoms with Crippen molar-refractivity contribution in [1.29, 1.82) is 0 Å². The largest absolute Gasteiger partial charge is 1.00 e. The third-order valence-electron chi connectivity index (χ3n) is 0.574. The topological polar surface area (TPSA) is 32.3 Å². The van der Waals surface area contributed by atoms with E-state index in [-0.39, 0.29) is 51.4 Å². The first-order valence-corrected chi connectivity index (χ1v) is 6.95. The maximum absolute atomic E-state index is 11.0. The van der Waals surface area contributed by atoms with Crippen LogP contribution in [0.25, 0.3) is 0 Å². The van der Waals surface area contributed by atoms with Gasteiger partial charge in [0.1, 0.15) is 0 Å². The molecule has 0 aliphatic carbocycles. The Bertz CT molecular complexity index is 112. The molecule has 0 aliphatic rings. The van der Waals surface area contributed by atoms with E-state index in [1.165, 1.54) is 11.4 Å². The standard InChI is InChI=1S/C4H11O2PS2.K/c1-3-6-7(5,8)9-4-2;/h3-4H2,1-2H3,(H,5,8);/q;+1/p-1. The van der Waals surface area contributed by atoms with Crippen LogP contribution in [0.15, 0.2) is 0 Å². The quantitative estimate of drug-likeness (QED) is 0.424. The van der Waals surface area contributed by atoms with Gasteiger partial charge in [0, 0.05) is 12.3 Å². The SMILES string of the molecule is CCOP([O-])(=S)SCC.[K+]. The molecule has 0 saturated heterocycles. The van der Waals surface area contributed by atoms with Gasteiger partial charge in [-0.15, -0.1) is 11.4 Å². The van der Waals surface area contributed by atoms with Gasteiger partial charge in [0.2, 0.25) is 0 Å². The van der Waals surface area contributed by atoms with Crippen molar-refractivity contribution < 1.29 is 60.8 Å². The molecule has 0 aromatic heterocycles. The molecule has 10 heavy (non-hydrogen) atoms. The van der Waals surface area contributed by atoms with Gasteiger partial charge in [0.25, 0.3) is 0 Å². The van der Waals surface area contributed by atoms with Crippen molar-refractivity contribution in [2.24, 2.45) is 0 Å². The van der Waals surface area contributed by atoms with Crippen molar-refractivity contribution in [3.05, 3.63) is 0 Å². The van der Waals surface area contributed by atoms with Gasteiger partial charge in [-0.1, -0.05) is 18.7 Å². The van der Waals surface area contributed by atoms with Crippen LogP contribution in [0.5, 0.6) is 0 Å². The van der Waals surface area contributed by atoms with E-state index in [1.807, 2.05) is 6.92 Å². The summed E-state index contributed by atoms with van der Waals surface area (Å²) in [5, 5.41) is 0. The summed E-state index contributed by atoms with van der Waals surface area (Å²) >= 11 is 5.84. The van der Waals surface area contributed by atoms with Crippen molar-refractivity contribution in [2.45, 2.75) is 13.8 Å². The molecule has 0 saturated carbocycles. The molecule has 0 heterocycles. The van der Waals surface area contributed by atoms with Crippen LogP contribution >= 0.6 is 17.1 Å². The summed E-state index contributed by atoms with van der Waals surface area (Å²) in [6, 6.07) is 0. The van der Waals surface area contributed by atoms with Gasteiger partial charge in [-0.3, -0.25) is 0 Å². The summed E-state index contributed by atoms with van der Waals surface area (Å²) in [6.07, 6.45) is 0. The molecule has 56 valence electrons. The molecule has 0 rings (SSSR count). The zero-order chi connectivity index (χ0) is 7.33. The van der Waals surface area contributed by atoms with E-state index >= 15 is 0 Å². The van der Waals surface area contributed by atoms with Crippen LogP contribution in [0.2, 0.25) is 0 Å². The van der Waals surface area contributed by atoms with Crippen molar-refractivity contribution >= 4 is 28.9 Å². The Kier molecular flexibility index (Phi) is 12.3. The fraction of sp³-hybridized carbons (Fsp3) is 1.00. The molecule has 0 bridgehead atoms. The normalized spacial score (nSPS) is 15.5. The van der Waals surface area contributed by atoms with Crippen molar-refractivity contribution in [3.8, 4) is 0 Å². The molecule has 2 nitrogen and oxygen atoms in total. The third-order valence-corrected chi connectivity index (χ3v) is 5.03. The van der Waals surface area contributed by atoms with Gasteiger partial charge >= 0.3 is 51.4 Å². The van der Waals surface area contributed by atoms with E-state index in [4.69, 9.17) is 4.52 Å². The molecule has 0 aromatic rings. The van der Waals surface area contributed by atoms with Crippen molar-refractivity contribution in [1.82, 2.24) is 0 Å². The van der Waals surface area contributed by atoms with Gasteiger partial charge in [0.05, 0.1) is 0 Å². The molecule has 0 aromatic carbocycles. The Morgan fingerprint density at radius 3 is 2.40 bits per heavy atom. The van der Waals surface area contributed by atoms with Gasteiger partial charge in [-0.05, 0) is 12.7 Å². The Hall–Kier alpha value is 2.56. The van der Waals surface area contributed by atoms with E-state index < -0.39 is 5.69 Å². The molecule has 0 radical (unpaired) electrons. The molecular weight excluding hydrogens is 214 g/mol. The summed E-state index contributed by atoms with van der Waals surface area (Å²) in [6.45, 7) is 4.13. The maximum Gasteiger partial charge on any atom is 1.00 e. The predicted molar refractivity (Wildman–Crippen MR) is 44.0 cm³/mol. The number of hydrogen-bond acceptors (Lipinski definition) is 4. The minimum atomic E-state index is -2.69. The Morgan fingerprint density at radius 2 is 2.10 bits per heavy atom. The van der Waals surface area contributed by atoms with Gasteiger partial charge in [-0.25, -0.2) is 0 Å². The minimum Gasteiger partial charge on any atom is -0.793 e. The second kappa shape index (κ2) is 8.17. The summed E-state index contributed by atoms with van der Waals surface area (Å²) < 4.78 is 4.80. The first kappa shape index (κ1) is 15.0. The molecule has 0 amide bonds. The summed E-state index contributed by atoms with van der Waals surface area (Å²) in [5.41, 5.74) is -2.69. The van der Waals surface area contributed by atoms with Crippen LogP contribution in [0.4, 0.5) is 0 Å². The monoisotopic (exact) mass is 224 g/mol. The smallest absolute Gasteiger partial charge is 0.793 e. The molecule has 1 atom stereocenters. The van der Waals surface area contributed by atoms with Crippen LogP contribution in [-0.2, 0) is 16.3 Å². The van der Waals surface area contributed by atoms with Gasteiger partial charge in [-0.2, -0.15) is 0 Å². The van der Waals surface area contributed by atoms with E-state index in [0.717, 1.165) is 5.75 Å². The fourth-order valence-corrected chi connectivity index (χ4v) is 3.81. The molecule has 0 fully saturated rings. The van der Waals surface area contributed by atoms with E-state index in [1.54, 1.807) is 6.92 Å². The number of rotatable bonds is 4. The molecular formula is C4H10KO2PS2. The maximum atomic E-state index is 11.0. The predicted octanol–water partition coefficient (Wildman–Crippen LogP) is -1.64. The summed E-state index contributed by atoms with van der Waals surface area (Å²) in [4.78, 5) is 11.0. The van der Waals surface area contributed by atoms with Crippen molar-refractivity contribution in [2.75, 3.05) is 12.4 Å². The molecule has 6 heteroatoms. The van der Waals surface area contributed by atoms with E-state index in [2.05, 4.69) is 11.8 Å². The van der Waals surface area contributed by atoms with Crippen LogP contribution in [0, 0.1) is 0 Å². The van der Waals surface area contributed by atoms with E-state index in [0.29, 0.717) is 6.61 Å². The average molecular weight is 224 g/mol. The Morgan fingerprint density at radius 1 is 1.60 bits per heavy atom. The van der Waals surface area contributed by atoms with Crippen LogP contribution in [0.3, 0.4) is 0 Å². The second-order valence-corrected chi connectivity index (χ2v) is 7.62. The minimum absolute atomic E-state index is 0. The van der Waals surface area contributed by atoms with E-state index in [9.17, 15) is 4.89 Å². The molecule has 1 unspecified atom stereocenters. The average Bonchev–Trinajstić information content (AvgIpc) is 1.64. The summed E-state index contributed by atoms with van der Waals surface area (Å²) in [7, 11) is 0. The third kappa shape index (κ3) is 8.65. The summed E-state index contributed by atoms with van der Waals surface area (Å²) in [5.74, 6) is 0.751. The second-order valence-electron chi connectivity index (χ2n) is 1.28. The number of hydrogen-bond donors (Lipinski definition) is 0. The Labute approximate surface area is 114 Å². The van der Waals surface area contributed by atoms with Gasteiger partial charge < -0.3 is 9.42 Å². The molecule has 0 spiro atoms. The molecule has 0 N–H and O–H groups in total. The fourth-order valence-electron chi connectivity index (χ4n) is 0.353. The Balaban J connectivity index is 0. The van der Waals surface area contributed by atoms with Crippen LogP contribution in [-0.4, -0.2) is 12.4 Å². The van der Waals surface area contributed by atoms with Gasteiger partial charge in [0.15, 0.2) is 0 Å². The molecule has 0 aliphatic heterocycles. The first-order valence-electron chi connectivity index (χ1n) is 2.72. The zero-order valence-electron chi connectivity index (χ0n) is 6.49. The van der Waals surface area contributed by atoms with Crippen molar-refractivity contribution in [3.63, 3.8) is 0 Å². The van der Waals surface area contributed by atoms with Crippen LogP contribution < -0.4 is 56.3 Å². The van der Waals surface area contributed by atoms with Crippen LogP contribution in [0.1, 0.15) is 13.8 Å². The first-order chi connectivity index (χ1) is 4.12.